The van der Waals surface area contributed by atoms with Gasteiger partial charge in [0.1, 0.15) is 29.6 Å². The molecule has 0 atom stereocenters. The molecule has 0 spiro atoms. The van der Waals surface area contributed by atoms with Crippen LogP contribution in [0, 0.1) is 0 Å². The predicted octanol–water partition coefficient (Wildman–Crippen LogP) is 5.58. The first kappa shape index (κ1) is 22.0. The molecule has 1 aromatic heterocycles. The number of benzene rings is 3. The molecular weight excluding hydrogens is 420 g/mol. The Balaban J connectivity index is 1.72. The minimum atomic E-state index is -0.995. The Labute approximate surface area is 191 Å². The van der Waals surface area contributed by atoms with Gasteiger partial charge < -0.3 is 24.0 Å². The summed E-state index contributed by atoms with van der Waals surface area (Å²) in [5, 5.41) is 14.6. The van der Waals surface area contributed by atoms with Crippen LogP contribution < -0.4 is 9.47 Å². The molecule has 0 amide bonds. The molecule has 1 heterocycles. The number of rotatable bonds is 9. The lowest BCUT2D eigenvalue weighted by Crippen LogP contribution is -2.12. The van der Waals surface area contributed by atoms with Crippen molar-refractivity contribution in [1.82, 2.24) is 4.57 Å². The third-order valence-corrected chi connectivity index (χ3v) is 5.09. The van der Waals surface area contributed by atoms with Gasteiger partial charge in [-0.3, -0.25) is 0 Å². The molecule has 4 rings (SSSR count). The normalized spacial score (nSPS) is 11.4. The molecule has 1 N–H and O–H groups in total. The van der Waals surface area contributed by atoms with Crippen LogP contribution in [0.15, 0.2) is 84.1 Å². The smallest absolute Gasteiger partial charge is 0.337 e. The van der Waals surface area contributed by atoms with Crippen LogP contribution >= 0.6 is 0 Å². The molecule has 0 saturated carbocycles. The molecule has 4 aromatic rings. The zero-order chi connectivity index (χ0) is 23.2. The highest BCUT2D eigenvalue weighted by atomic mass is 16.6. The SMILES string of the molecule is CCON=C(Cn1cc(C(=O)O)c2ccc(OC)cc21)c1cccc(Oc2ccccc2)c1. The van der Waals surface area contributed by atoms with E-state index in [0.717, 1.165) is 16.8 Å². The van der Waals surface area contributed by atoms with Gasteiger partial charge >= 0.3 is 5.97 Å². The number of hydrogen-bond acceptors (Lipinski definition) is 5. The first-order valence-electron chi connectivity index (χ1n) is 10.5. The Morgan fingerprint density at radius 1 is 0.970 bits per heavy atom. The van der Waals surface area contributed by atoms with Gasteiger partial charge in [0.25, 0.3) is 0 Å². The van der Waals surface area contributed by atoms with E-state index in [1.807, 2.05) is 72.2 Å². The summed E-state index contributed by atoms with van der Waals surface area (Å²) in [6.45, 7) is 2.56. The van der Waals surface area contributed by atoms with Crippen molar-refractivity contribution >= 4 is 22.6 Å². The van der Waals surface area contributed by atoms with E-state index in [2.05, 4.69) is 5.16 Å². The summed E-state index contributed by atoms with van der Waals surface area (Å²) in [4.78, 5) is 17.2. The molecule has 0 saturated heterocycles. The molecule has 0 unspecified atom stereocenters. The van der Waals surface area contributed by atoms with Crippen molar-refractivity contribution in [2.24, 2.45) is 5.16 Å². The number of fused-ring (bicyclic) bond motifs is 1. The Bertz CT molecular complexity index is 1290. The Morgan fingerprint density at radius 3 is 2.48 bits per heavy atom. The first-order valence-corrected chi connectivity index (χ1v) is 10.5. The fourth-order valence-corrected chi connectivity index (χ4v) is 3.54. The highest BCUT2D eigenvalue weighted by Crippen LogP contribution is 2.27. The van der Waals surface area contributed by atoms with Gasteiger partial charge in [0.15, 0.2) is 0 Å². The topological polar surface area (TPSA) is 82.3 Å². The van der Waals surface area contributed by atoms with Gasteiger partial charge in [-0.2, -0.15) is 0 Å². The van der Waals surface area contributed by atoms with Gasteiger partial charge in [-0.1, -0.05) is 35.5 Å². The molecule has 0 aliphatic heterocycles. The van der Waals surface area contributed by atoms with E-state index < -0.39 is 5.97 Å². The van der Waals surface area contributed by atoms with E-state index in [0.29, 0.717) is 35.7 Å². The number of para-hydroxylation sites is 1. The van der Waals surface area contributed by atoms with Gasteiger partial charge in [-0.15, -0.1) is 0 Å². The second-order valence-corrected chi connectivity index (χ2v) is 7.26. The zero-order valence-electron chi connectivity index (χ0n) is 18.4. The van der Waals surface area contributed by atoms with E-state index in [9.17, 15) is 9.90 Å². The first-order chi connectivity index (χ1) is 16.1. The third kappa shape index (κ3) is 4.98. The van der Waals surface area contributed by atoms with Gasteiger partial charge in [0.05, 0.1) is 24.7 Å². The van der Waals surface area contributed by atoms with Gasteiger partial charge in [0, 0.05) is 23.2 Å². The molecule has 0 fully saturated rings. The lowest BCUT2D eigenvalue weighted by molar-refractivity contribution is 0.0699. The van der Waals surface area contributed by atoms with Crippen molar-refractivity contribution in [3.05, 3.63) is 90.1 Å². The number of oxime groups is 1. The Kier molecular flexibility index (Phi) is 6.59. The second kappa shape index (κ2) is 9.91. The average molecular weight is 444 g/mol. The maximum absolute atomic E-state index is 11.8. The molecule has 0 aliphatic rings. The molecule has 7 heteroatoms. The van der Waals surface area contributed by atoms with E-state index >= 15 is 0 Å². The summed E-state index contributed by atoms with van der Waals surface area (Å²) < 4.78 is 13.1. The van der Waals surface area contributed by atoms with E-state index in [4.69, 9.17) is 14.3 Å². The molecule has 7 nitrogen and oxygen atoms in total. The monoisotopic (exact) mass is 444 g/mol. The third-order valence-electron chi connectivity index (χ3n) is 5.09. The van der Waals surface area contributed by atoms with E-state index in [1.54, 1.807) is 25.4 Å². The number of hydrogen-bond donors (Lipinski definition) is 1. The fourth-order valence-electron chi connectivity index (χ4n) is 3.54. The highest BCUT2D eigenvalue weighted by molar-refractivity contribution is 6.05. The number of aromatic carboxylic acids is 1. The summed E-state index contributed by atoms with van der Waals surface area (Å²) in [5.74, 6) is 1.03. The lowest BCUT2D eigenvalue weighted by atomic mass is 10.1. The predicted molar refractivity (Wildman–Crippen MR) is 127 cm³/mol. The summed E-state index contributed by atoms with van der Waals surface area (Å²) in [6, 6.07) is 22.4. The van der Waals surface area contributed by atoms with Crippen molar-refractivity contribution in [3.8, 4) is 17.2 Å². The molecule has 33 heavy (non-hydrogen) atoms. The lowest BCUT2D eigenvalue weighted by Gasteiger charge is -2.12. The highest BCUT2D eigenvalue weighted by Gasteiger charge is 2.17. The van der Waals surface area contributed by atoms with Crippen LogP contribution in [0.3, 0.4) is 0 Å². The summed E-state index contributed by atoms with van der Waals surface area (Å²) in [6.07, 6.45) is 1.61. The Morgan fingerprint density at radius 2 is 1.76 bits per heavy atom. The van der Waals surface area contributed by atoms with Crippen LogP contribution in [-0.2, 0) is 11.4 Å². The van der Waals surface area contributed by atoms with Gasteiger partial charge in [0.2, 0.25) is 0 Å². The second-order valence-electron chi connectivity index (χ2n) is 7.26. The van der Waals surface area contributed by atoms with Crippen molar-refractivity contribution in [3.63, 3.8) is 0 Å². The maximum Gasteiger partial charge on any atom is 0.337 e. The van der Waals surface area contributed by atoms with Crippen molar-refractivity contribution in [2.45, 2.75) is 13.5 Å². The van der Waals surface area contributed by atoms with Crippen LogP contribution in [0.5, 0.6) is 17.2 Å². The minimum Gasteiger partial charge on any atom is -0.497 e. The quantitative estimate of drug-likeness (QED) is 0.269. The molecule has 0 aliphatic carbocycles. The number of carboxylic acids is 1. The van der Waals surface area contributed by atoms with Crippen molar-refractivity contribution in [2.75, 3.05) is 13.7 Å². The minimum absolute atomic E-state index is 0.213. The van der Waals surface area contributed by atoms with Crippen LogP contribution in [0.25, 0.3) is 10.9 Å². The number of carboxylic acid groups (broad SMARTS) is 1. The number of methoxy groups -OCH3 is 1. The molecular formula is C26H24N2O5. The zero-order valence-corrected chi connectivity index (χ0v) is 18.4. The van der Waals surface area contributed by atoms with Crippen LogP contribution in [0.2, 0.25) is 0 Å². The number of ether oxygens (including phenoxy) is 2. The van der Waals surface area contributed by atoms with E-state index in [-0.39, 0.29) is 5.56 Å². The van der Waals surface area contributed by atoms with Gasteiger partial charge in [-0.05, 0) is 43.3 Å². The van der Waals surface area contributed by atoms with Crippen LogP contribution in [-0.4, -0.2) is 35.1 Å². The molecule has 3 aromatic carbocycles. The van der Waals surface area contributed by atoms with E-state index in [1.165, 1.54) is 0 Å². The maximum atomic E-state index is 11.8. The standard InChI is InChI=1S/C26H24N2O5/c1-3-32-27-24(18-8-7-11-21(14-18)33-19-9-5-4-6-10-19)17-28-16-23(26(29)30)22-13-12-20(31-2)15-25(22)28/h4-16H,3,17H2,1-2H3,(H,29,30). The average Bonchev–Trinajstić information content (AvgIpc) is 3.20. The number of aromatic nitrogens is 1. The molecule has 0 bridgehead atoms. The Hall–Kier alpha value is -4.26. The fraction of sp³-hybridized carbons (Fsp3) is 0.154. The summed E-state index contributed by atoms with van der Waals surface area (Å²) in [7, 11) is 1.58. The van der Waals surface area contributed by atoms with Crippen molar-refractivity contribution < 1.29 is 24.2 Å². The van der Waals surface area contributed by atoms with Crippen molar-refractivity contribution in [1.29, 1.82) is 0 Å². The molecule has 0 radical (unpaired) electrons. The van der Waals surface area contributed by atoms with Gasteiger partial charge in [-0.25, -0.2) is 4.79 Å². The van der Waals surface area contributed by atoms with Crippen LogP contribution in [0.4, 0.5) is 0 Å². The number of nitrogens with zero attached hydrogens (tertiary/aromatic N) is 2. The summed E-state index contributed by atoms with van der Waals surface area (Å²) in [5.41, 5.74) is 2.38. The molecule has 168 valence electrons. The number of carbonyl (C=O) groups is 1. The largest absolute Gasteiger partial charge is 0.497 e. The van der Waals surface area contributed by atoms with Crippen LogP contribution in [0.1, 0.15) is 22.8 Å². The summed E-state index contributed by atoms with van der Waals surface area (Å²) >= 11 is 0.